The zero-order chi connectivity index (χ0) is 9.10. The van der Waals surface area contributed by atoms with Crippen LogP contribution in [0, 0.1) is 0 Å². The highest BCUT2D eigenvalue weighted by Gasteiger charge is 2.15. The molecule has 0 radical (unpaired) electrons. The van der Waals surface area contributed by atoms with Crippen molar-refractivity contribution in [2.75, 3.05) is 0 Å². The second kappa shape index (κ2) is 3.65. The minimum atomic E-state index is 0.520. The van der Waals surface area contributed by atoms with Crippen LogP contribution in [0.3, 0.4) is 0 Å². The average Bonchev–Trinajstić information content (AvgIpc) is 2.19. The van der Waals surface area contributed by atoms with E-state index in [1.807, 2.05) is 12.1 Å². The van der Waals surface area contributed by atoms with Gasteiger partial charge in [0.25, 0.3) is 0 Å². The van der Waals surface area contributed by atoms with Gasteiger partial charge in [-0.3, -0.25) is 0 Å². The first-order valence-electron chi connectivity index (χ1n) is 4.79. The van der Waals surface area contributed by atoms with Crippen LogP contribution in [0.25, 0.3) is 0 Å². The summed E-state index contributed by atoms with van der Waals surface area (Å²) in [5, 5.41) is 9.40. The van der Waals surface area contributed by atoms with E-state index >= 15 is 0 Å². The maximum atomic E-state index is 9.40. The molecule has 1 N–H and O–H groups in total. The SMILES string of the molecule is OC1=CCCC(c2ccccc2)C1. The van der Waals surface area contributed by atoms with Gasteiger partial charge in [0.05, 0.1) is 5.76 Å². The van der Waals surface area contributed by atoms with E-state index in [1.54, 1.807) is 0 Å². The molecule has 1 atom stereocenters. The fraction of sp³-hybridized carbons (Fsp3) is 0.333. The minimum absolute atomic E-state index is 0.520. The molecule has 0 saturated heterocycles. The van der Waals surface area contributed by atoms with Crippen LogP contribution in [0.4, 0.5) is 0 Å². The monoisotopic (exact) mass is 174 g/mol. The standard InChI is InChI=1S/C12H14O/c13-12-8-4-7-11(9-12)10-5-2-1-3-6-10/h1-3,5-6,8,11,13H,4,7,9H2. The Kier molecular flexibility index (Phi) is 2.35. The van der Waals surface area contributed by atoms with E-state index in [0.717, 1.165) is 19.3 Å². The Morgan fingerprint density at radius 3 is 2.62 bits per heavy atom. The number of allylic oxidation sites excluding steroid dienone is 2. The molecule has 1 unspecified atom stereocenters. The van der Waals surface area contributed by atoms with Crippen molar-refractivity contribution < 1.29 is 5.11 Å². The third-order valence-electron chi connectivity index (χ3n) is 2.62. The highest BCUT2D eigenvalue weighted by atomic mass is 16.3. The quantitative estimate of drug-likeness (QED) is 0.691. The molecule has 1 nitrogen and oxygen atoms in total. The van der Waals surface area contributed by atoms with Crippen molar-refractivity contribution in [2.45, 2.75) is 25.2 Å². The summed E-state index contributed by atoms with van der Waals surface area (Å²) in [6.07, 6.45) is 4.91. The van der Waals surface area contributed by atoms with Crippen LogP contribution in [0.1, 0.15) is 30.7 Å². The summed E-state index contributed by atoms with van der Waals surface area (Å²) in [4.78, 5) is 0. The van der Waals surface area contributed by atoms with Crippen molar-refractivity contribution in [3.05, 3.63) is 47.7 Å². The fourth-order valence-electron chi connectivity index (χ4n) is 1.90. The molecule has 0 saturated carbocycles. The number of benzene rings is 1. The van der Waals surface area contributed by atoms with Crippen molar-refractivity contribution >= 4 is 0 Å². The lowest BCUT2D eigenvalue weighted by atomic mass is 9.87. The summed E-state index contributed by atoms with van der Waals surface area (Å²) in [7, 11) is 0. The van der Waals surface area contributed by atoms with Crippen LogP contribution in [0.2, 0.25) is 0 Å². The molecule has 0 amide bonds. The van der Waals surface area contributed by atoms with Crippen LogP contribution < -0.4 is 0 Å². The molecule has 0 heterocycles. The zero-order valence-corrected chi connectivity index (χ0v) is 7.61. The second-order valence-electron chi connectivity index (χ2n) is 3.58. The van der Waals surface area contributed by atoms with Gasteiger partial charge in [-0.1, -0.05) is 30.3 Å². The average molecular weight is 174 g/mol. The van der Waals surface area contributed by atoms with Gasteiger partial charge >= 0.3 is 0 Å². The molecule has 0 aromatic heterocycles. The van der Waals surface area contributed by atoms with Crippen molar-refractivity contribution in [3.63, 3.8) is 0 Å². The summed E-state index contributed by atoms with van der Waals surface area (Å²) >= 11 is 0. The lowest BCUT2D eigenvalue weighted by molar-refractivity contribution is 0.353. The molecule has 0 spiro atoms. The van der Waals surface area contributed by atoms with Crippen LogP contribution in [0.5, 0.6) is 0 Å². The van der Waals surface area contributed by atoms with E-state index in [0.29, 0.717) is 11.7 Å². The van der Waals surface area contributed by atoms with Crippen LogP contribution >= 0.6 is 0 Å². The van der Waals surface area contributed by atoms with E-state index in [9.17, 15) is 5.11 Å². The van der Waals surface area contributed by atoms with Gasteiger partial charge in [-0.25, -0.2) is 0 Å². The lowest BCUT2D eigenvalue weighted by Crippen LogP contribution is -2.04. The molecule has 2 rings (SSSR count). The summed E-state index contributed by atoms with van der Waals surface area (Å²) in [6.45, 7) is 0. The molecule has 0 aliphatic heterocycles. The Morgan fingerprint density at radius 1 is 1.15 bits per heavy atom. The van der Waals surface area contributed by atoms with Crippen LogP contribution in [0.15, 0.2) is 42.2 Å². The first-order chi connectivity index (χ1) is 6.36. The van der Waals surface area contributed by atoms with Gasteiger partial charge in [0.2, 0.25) is 0 Å². The highest BCUT2D eigenvalue weighted by molar-refractivity contribution is 5.22. The molecule has 13 heavy (non-hydrogen) atoms. The largest absolute Gasteiger partial charge is 0.513 e. The Morgan fingerprint density at radius 2 is 1.92 bits per heavy atom. The number of aliphatic hydroxyl groups is 1. The molecule has 1 aliphatic carbocycles. The van der Waals surface area contributed by atoms with E-state index in [1.165, 1.54) is 5.56 Å². The molecule has 1 aromatic carbocycles. The van der Waals surface area contributed by atoms with Crippen molar-refractivity contribution in [1.29, 1.82) is 0 Å². The Bertz CT molecular complexity index is 300. The Labute approximate surface area is 78.7 Å². The molecule has 0 fully saturated rings. The molecule has 1 heteroatoms. The fourth-order valence-corrected chi connectivity index (χ4v) is 1.90. The number of hydrogen-bond acceptors (Lipinski definition) is 1. The van der Waals surface area contributed by atoms with Crippen molar-refractivity contribution in [3.8, 4) is 0 Å². The minimum Gasteiger partial charge on any atom is -0.513 e. The predicted molar refractivity (Wildman–Crippen MR) is 53.7 cm³/mol. The van der Waals surface area contributed by atoms with Crippen molar-refractivity contribution in [2.24, 2.45) is 0 Å². The van der Waals surface area contributed by atoms with E-state index in [4.69, 9.17) is 0 Å². The summed E-state index contributed by atoms with van der Waals surface area (Å²) in [6, 6.07) is 10.4. The third kappa shape index (κ3) is 1.92. The lowest BCUT2D eigenvalue weighted by Gasteiger charge is -2.19. The molecular formula is C12H14O. The molecule has 1 aromatic rings. The van der Waals surface area contributed by atoms with E-state index in [2.05, 4.69) is 24.3 Å². The first kappa shape index (κ1) is 8.36. The number of aliphatic hydroxyl groups excluding tert-OH is 1. The van der Waals surface area contributed by atoms with Crippen LogP contribution in [-0.4, -0.2) is 5.11 Å². The predicted octanol–water partition coefficient (Wildman–Crippen LogP) is 3.40. The molecular weight excluding hydrogens is 160 g/mol. The van der Waals surface area contributed by atoms with E-state index < -0.39 is 0 Å². The van der Waals surface area contributed by atoms with Gasteiger partial charge < -0.3 is 5.11 Å². The van der Waals surface area contributed by atoms with Gasteiger partial charge in [-0.05, 0) is 30.4 Å². The molecule has 0 bridgehead atoms. The maximum Gasteiger partial charge on any atom is 0.0888 e. The second-order valence-corrected chi connectivity index (χ2v) is 3.58. The number of rotatable bonds is 1. The third-order valence-corrected chi connectivity index (χ3v) is 2.62. The van der Waals surface area contributed by atoms with Crippen molar-refractivity contribution in [1.82, 2.24) is 0 Å². The van der Waals surface area contributed by atoms with Gasteiger partial charge in [0, 0.05) is 6.42 Å². The number of hydrogen-bond donors (Lipinski definition) is 1. The topological polar surface area (TPSA) is 20.2 Å². The Balaban J connectivity index is 2.15. The van der Waals surface area contributed by atoms with Gasteiger partial charge in [0.15, 0.2) is 0 Å². The normalized spacial score (nSPS) is 22.5. The molecule has 1 aliphatic rings. The highest BCUT2D eigenvalue weighted by Crippen LogP contribution is 2.31. The Hall–Kier alpha value is -1.24. The zero-order valence-electron chi connectivity index (χ0n) is 7.61. The van der Waals surface area contributed by atoms with Gasteiger partial charge in [0.1, 0.15) is 0 Å². The van der Waals surface area contributed by atoms with Gasteiger partial charge in [-0.2, -0.15) is 0 Å². The maximum absolute atomic E-state index is 9.40. The van der Waals surface area contributed by atoms with E-state index in [-0.39, 0.29) is 0 Å². The summed E-state index contributed by atoms with van der Waals surface area (Å²) < 4.78 is 0. The smallest absolute Gasteiger partial charge is 0.0888 e. The summed E-state index contributed by atoms with van der Waals surface area (Å²) in [5.41, 5.74) is 1.35. The van der Waals surface area contributed by atoms with Gasteiger partial charge in [-0.15, -0.1) is 0 Å². The van der Waals surface area contributed by atoms with Crippen LogP contribution in [-0.2, 0) is 0 Å². The molecule has 68 valence electrons. The first-order valence-corrected chi connectivity index (χ1v) is 4.79. The summed E-state index contributed by atoms with van der Waals surface area (Å²) in [5.74, 6) is 1.08.